The fourth-order valence-corrected chi connectivity index (χ4v) is 2.21. The average Bonchev–Trinajstić information content (AvgIpc) is 2.64. The van der Waals surface area contributed by atoms with Gasteiger partial charge in [0, 0.05) is 17.1 Å². The van der Waals surface area contributed by atoms with Crippen molar-refractivity contribution in [2.24, 2.45) is 0 Å². The van der Waals surface area contributed by atoms with E-state index in [2.05, 4.69) is 10.5 Å². The number of para-hydroxylation sites is 2. The molecule has 1 N–H and O–H groups in total. The fourth-order valence-electron chi connectivity index (χ4n) is 2.21. The Bertz CT molecular complexity index is 826. The monoisotopic (exact) mass is 306 g/mol. The molecule has 0 spiro atoms. The molecular weight excluding hydrogens is 292 g/mol. The molecule has 0 aliphatic rings. The van der Waals surface area contributed by atoms with Gasteiger partial charge in [0.05, 0.1) is 11.2 Å². The van der Waals surface area contributed by atoms with Crippen LogP contribution in [0.2, 0.25) is 0 Å². The molecular formula is C18H14N2O3. The Labute approximate surface area is 132 Å². The molecule has 0 fully saturated rings. The first-order valence-electron chi connectivity index (χ1n) is 7.04. The van der Waals surface area contributed by atoms with Crippen LogP contribution in [0.25, 0.3) is 10.9 Å². The molecule has 0 radical (unpaired) electrons. The standard InChI is InChI=1S/C18H14N2O3/c21-12-18(13-22,23-20-16-7-2-1-3-8-16)15-10-14-6-4-5-9-17(14)19-11-15/h1-13,20H. The molecule has 0 bridgehead atoms. The lowest BCUT2D eigenvalue weighted by Crippen LogP contribution is -2.35. The van der Waals surface area contributed by atoms with Crippen molar-refractivity contribution < 1.29 is 14.4 Å². The molecule has 0 aliphatic heterocycles. The second-order valence-electron chi connectivity index (χ2n) is 5.02. The number of rotatable bonds is 6. The third-order valence-electron chi connectivity index (χ3n) is 3.50. The Hall–Kier alpha value is -3.05. The van der Waals surface area contributed by atoms with E-state index in [-0.39, 0.29) is 0 Å². The summed E-state index contributed by atoms with van der Waals surface area (Å²) in [6.07, 6.45) is 2.39. The van der Waals surface area contributed by atoms with Crippen LogP contribution in [0.1, 0.15) is 5.56 Å². The third kappa shape index (κ3) is 2.95. The van der Waals surface area contributed by atoms with E-state index >= 15 is 0 Å². The number of aldehydes is 2. The van der Waals surface area contributed by atoms with Crippen LogP contribution in [0.3, 0.4) is 0 Å². The molecule has 5 nitrogen and oxygen atoms in total. The van der Waals surface area contributed by atoms with E-state index in [4.69, 9.17) is 4.84 Å². The largest absolute Gasteiger partial charge is 0.299 e. The van der Waals surface area contributed by atoms with Crippen molar-refractivity contribution in [3.63, 3.8) is 0 Å². The molecule has 0 saturated carbocycles. The van der Waals surface area contributed by atoms with Gasteiger partial charge in [0.2, 0.25) is 5.60 Å². The van der Waals surface area contributed by atoms with E-state index in [0.717, 1.165) is 10.9 Å². The zero-order chi connectivity index (χ0) is 16.1. The zero-order valence-electron chi connectivity index (χ0n) is 12.2. The molecule has 0 aliphatic carbocycles. The van der Waals surface area contributed by atoms with Crippen LogP contribution >= 0.6 is 0 Å². The van der Waals surface area contributed by atoms with Gasteiger partial charge < -0.3 is 0 Å². The summed E-state index contributed by atoms with van der Waals surface area (Å²) in [5.41, 5.74) is 2.66. The molecule has 114 valence electrons. The number of nitrogens with zero attached hydrogens (tertiary/aromatic N) is 1. The van der Waals surface area contributed by atoms with Gasteiger partial charge in [-0.3, -0.25) is 20.1 Å². The number of pyridine rings is 1. The lowest BCUT2D eigenvalue weighted by atomic mass is 9.97. The first-order valence-corrected chi connectivity index (χ1v) is 7.04. The van der Waals surface area contributed by atoms with Gasteiger partial charge in [0.25, 0.3) is 0 Å². The number of hydrogen-bond donors (Lipinski definition) is 1. The van der Waals surface area contributed by atoms with Gasteiger partial charge in [-0.25, -0.2) is 4.84 Å². The van der Waals surface area contributed by atoms with Crippen molar-refractivity contribution in [1.29, 1.82) is 0 Å². The molecule has 1 aromatic heterocycles. The summed E-state index contributed by atoms with van der Waals surface area (Å²) in [5, 5.41) is 0.821. The first kappa shape index (κ1) is 14.9. The highest BCUT2D eigenvalue weighted by atomic mass is 16.7. The zero-order valence-corrected chi connectivity index (χ0v) is 12.2. The molecule has 2 aromatic carbocycles. The van der Waals surface area contributed by atoms with E-state index < -0.39 is 5.60 Å². The highest BCUT2D eigenvalue weighted by Crippen LogP contribution is 2.25. The van der Waals surface area contributed by atoms with Crippen molar-refractivity contribution in [2.45, 2.75) is 5.60 Å². The van der Waals surface area contributed by atoms with Crippen molar-refractivity contribution in [3.8, 4) is 0 Å². The molecule has 0 amide bonds. The van der Waals surface area contributed by atoms with Gasteiger partial charge >= 0.3 is 0 Å². The van der Waals surface area contributed by atoms with Gasteiger partial charge in [-0.15, -0.1) is 0 Å². The Kier molecular flexibility index (Phi) is 4.12. The normalized spacial score (nSPS) is 11.1. The lowest BCUT2D eigenvalue weighted by molar-refractivity contribution is -0.139. The van der Waals surface area contributed by atoms with Gasteiger partial charge in [0.1, 0.15) is 0 Å². The predicted octanol–water partition coefficient (Wildman–Crippen LogP) is 2.87. The van der Waals surface area contributed by atoms with Crippen LogP contribution in [0.4, 0.5) is 5.69 Å². The number of carbonyl (C=O) groups excluding carboxylic acids is 2. The third-order valence-corrected chi connectivity index (χ3v) is 3.50. The van der Waals surface area contributed by atoms with Crippen molar-refractivity contribution in [3.05, 3.63) is 72.4 Å². The number of anilines is 1. The summed E-state index contributed by atoms with van der Waals surface area (Å²) in [7, 11) is 0. The van der Waals surface area contributed by atoms with E-state index in [1.54, 1.807) is 18.2 Å². The van der Waals surface area contributed by atoms with Crippen molar-refractivity contribution in [1.82, 2.24) is 4.98 Å². The first-order chi connectivity index (χ1) is 11.3. The van der Waals surface area contributed by atoms with Gasteiger partial charge in [-0.05, 0) is 24.3 Å². The Morgan fingerprint density at radius 3 is 2.39 bits per heavy atom. The van der Waals surface area contributed by atoms with E-state index in [9.17, 15) is 9.59 Å². The Balaban J connectivity index is 1.95. The summed E-state index contributed by atoms with van der Waals surface area (Å²) in [4.78, 5) is 32.9. The minimum absolute atomic E-state index is 0.365. The molecule has 23 heavy (non-hydrogen) atoms. The maximum Gasteiger partial charge on any atom is 0.231 e. The van der Waals surface area contributed by atoms with Crippen LogP contribution < -0.4 is 5.48 Å². The van der Waals surface area contributed by atoms with Crippen molar-refractivity contribution >= 4 is 29.2 Å². The summed E-state index contributed by atoms with van der Waals surface area (Å²) in [5.74, 6) is 0. The van der Waals surface area contributed by atoms with Crippen LogP contribution in [0, 0.1) is 0 Å². The van der Waals surface area contributed by atoms with E-state index in [1.807, 2.05) is 42.5 Å². The minimum Gasteiger partial charge on any atom is -0.299 e. The summed E-state index contributed by atoms with van der Waals surface area (Å²) in [6, 6.07) is 18.2. The van der Waals surface area contributed by atoms with Crippen molar-refractivity contribution in [2.75, 3.05) is 5.48 Å². The molecule has 0 atom stereocenters. The minimum atomic E-state index is -1.76. The van der Waals surface area contributed by atoms with Gasteiger partial charge in [0.15, 0.2) is 12.6 Å². The number of hydrogen-bond acceptors (Lipinski definition) is 5. The quantitative estimate of drug-likeness (QED) is 0.431. The van der Waals surface area contributed by atoms with Gasteiger partial charge in [-0.1, -0.05) is 36.4 Å². The predicted molar refractivity (Wildman–Crippen MR) is 86.7 cm³/mol. The van der Waals surface area contributed by atoms with Gasteiger partial charge in [-0.2, -0.15) is 0 Å². The Morgan fingerprint density at radius 2 is 1.65 bits per heavy atom. The molecule has 1 heterocycles. The highest BCUT2D eigenvalue weighted by Gasteiger charge is 2.34. The maximum absolute atomic E-state index is 11.6. The lowest BCUT2D eigenvalue weighted by Gasteiger charge is -2.22. The second kappa shape index (κ2) is 6.37. The Morgan fingerprint density at radius 1 is 0.957 bits per heavy atom. The average molecular weight is 306 g/mol. The SMILES string of the molecule is O=CC(C=O)(ONc1ccccc1)c1cnc2ccccc2c1. The number of benzene rings is 2. The topological polar surface area (TPSA) is 68.3 Å². The van der Waals surface area contributed by atoms with Crippen LogP contribution in [-0.2, 0) is 20.0 Å². The number of fused-ring (bicyclic) bond motifs is 1. The maximum atomic E-state index is 11.6. The van der Waals surface area contributed by atoms with E-state index in [0.29, 0.717) is 23.8 Å². The fraction of sp³-hybridized carbons (Fsp3) is 0.0556. The number of nitrogens with one attached hydrogen (secondary N) is 1. The summed E-state index contributed by atoms with van der Waals surface area (Å²) in [6.45, 7) is 0. The van der Waals surface area contributed by atoms with Crippen LogP contribution in [0.15, 0.2) is 66.9 Å². The van der Waals surface area contributed by atoms with Crippen LogP contribution in [0.5, 0.6) is 0 Å². The summed E-state index contributed by atoms with van der Waals surface area (Å²) >= 11 is 0. The summed E-state index contributed by atoms with van der Waals surface area (Å²) < 4.78 is 0. The highest BCUT2D eigenvalue weighted by molar-refractivity contribution is 5.91. The second-order valence-corrected chi connectivity index (χ2v) is 5.02. The molecule has 5 heteroatoms. The molecule has 0 saturated heterocycles. The molecule has 3 rings (SSSR count). The van der Waals surface area contributed by atoms with E-state index in [1.165, 1.54) is 6.20 Å². The smallest absolute Gasteiger partial charge is 0.231 e. The number of carbonyl (C=O) groups is 2. The number of aromatic nitrogens is 1. The molecule has 0 unspecified atom stereocenters. The molecule has 3 aromatic rings. The van der Waals surface area contributed by atoms with Crippen LogP contribution in [-0.4, -0.2) is 17.6 Å².